The number of fused-ring (bicyclic) bond motifs is 3. The van der Waals surface area contributed by atoms with Gasteiger partial charge in [0.05, 0.1) is 7.11 Å². The van der Waals surface area contributed by atoms with Crippen molar-refractivity contribution < 1.29 is 14.3 Å². The summed E-state index contributed by atoms with van der Waals surface area (Å²) in [4.78, 5) is 27.0. The first-order valence-corrected chi connectivity index (χ1v) is 9.51. The van der Waals surface area contributed by atoms with Crippen LogP contribution >= 0.6 is 11.8 Å². The van der Waals surface area contributed by atoms with Crippen LogP contribution in [0.3, 0.4) is 0 Å². The summed E-state index contributed by atoms with van der Waals surface area (Å²) < 4.78 is 5.33. The van der Waals surface area contributed by atoms with Crippen LogP contribution in [0.5, 0.6) is 5.75 Å². The summed E-state index contributed by atoms with van der Waals surface area (Å²) in [5, 5.41) is 2.97. The van der Waals surface area contributed by atoms with Gasteiger partial charge in [-0.25, -0.2) is 0 Å². The molecule has 134 valence electrons. The van der Waals surface area contributed by atoms with E-state index in [1.807, 2.05) is 55.5 Å². The number of carbonyl (C=O) groups is 2. The van der Waals surface area contributed by atoms with Gasteiger partial charge in [-0.05, 0) is 19.1 Å². The van der Waals surface area contributed by atoms with Crippen molar-refractivity contribution in [3.05, 3.63) is 65.2 Å². The van der Waals surface area contributed by atoms with Crippen LogP contribution in [0, 0.1) is 0 Å². The van der Waals surface area contributed by atoms with Gasteiger partial charge in [0.25, 0.3) is 5.91 Å². The Hall–Kier alpha value is -2.47. The van der Waals surface area contributed by atoms with Gasteiger partial charge in [0.1, 0.15) is 16.7 Å². The van der Waals surface area contributed by atoms with E-state index in [0.29, 0.717) is 17.9 Å². The summed E-state index contributed by atoms with van der Waals surface area (Å²) in [5.41, 5.74) is 2.60. The molecule has 1 fully saturated rings. The summed E-state index contributed by atoms with van der Waals surface area (Å²) >= 11 is 1.65. The molecule has 26 heavy (non-hydrogen) atoms. The van der Waals surface area contributed by atoms with Crippen molar-refractivity contribution in [2.75, 3.05) is 12.9 Å². The number of rotatable bonds is 4. The summed E-state index contributed by atoms with van der Waals surface area (Å²) in [6.07, 6.45) is 0. The fourth-order valence-electron chi connectivity index (χ4n) is 3.77. The Bertz CT molecular complexity index is 885. The van der Waals surface area contributed by atoms with E-state index in [4.69, 9.17) is 4.74 Å². The minimum absolute atomic E-state index is 0.0643. The Balaban J connectivity index is 1.53. The monoisotopic (exact) mass is 368 g/mol. The first-order valence-electron chi connectivity index (χ1n) is 8.53. The molecule has 2 aliphatic heterocycles. The molecule has 0 bridgehead atoms. The number of carbonyl (C=O) groups excluding carboxylic acids is 2. The number of nitrogens with zero attached hydrogens (tertiary/aromatic N) is 1. The van der Waals surface area contributed by atoms with Crippen molar-refractivity contribution in [2.45, 2.75) is 24.4 Å². The zero-order chi connectivity index (χ0) is 18.3. The molecule has 2 heterocycles. The van der Waals surface area contributed by atoms with E-state index in [9.17, 15) is 9.59 Å². The van der Waals surface area contributed by atoms with Crippen LogP contribution in [-0.4, -0.2) is 35.6 Å². The van der Waals surface area contributed by atoms with Gasteiger partial charge in [-0.3, -0.25) is 9.59 Å². The molecule has 0 saturated carbocycles. The van der Waals surface area contributed by atoms with Gasteiger partial charge >= 0.3 is 0 Å². The fraction of sp³-hybridized carbons (Fsp3) is 0.300. The van der Waals surface area contributed by atoms with Crippen LogP contribution < -0.4 is 10.1 Å². The standard InChI is InChI=1S/C20H20N2O3S/c1-20-15-9-5-4-8-14(15)19(24)22(20)16(12-26-20)18(23)21-11-13-7-3-6-10-17(13)25-2/h3-10,16H,11-12H2,1-2H3,(H,21,23). The number of amides is 2. The highest BCUT2D eigenvalue weighted by molar-refractivity contribution is 8.00. The number of benzene rings is 2. The zero-order valence-corrected chi connectivity index (χ0v) is 15.5. The van der Waals surface area contributed by atoms with Gasteiger partial charge < -0.3 is 15.0 Å². The molecule has 2 aliphatic rings. The van der Waals surface area contributed by atoms with E-state index in [-0.39, 0.29) is 11.8 Å². The van der Waals surface area contributed by atoms with E-state index in [2.05, 4.69) is 5.32 Å². The Morgan fingerprint density at radius 3 is 2.81 bits per heavy atom. The van der Waals surface area contributed by atoms with Crippen LogP contribution in [0.1, 0.15) is 28.4 Å². The largest absolute Gasteiger partial charge is 0.496 e. The maximum absolute atomic E-state index is 12.9. The highest BCUT2D eigenvalue weighted by Gasteiger charge is 2.55. The van der Waals surface area contributed by atoms with E-state index >= 15 is 0 Å². The third-order valence-electron chi connectivity index (χ3n) is 5.12. The van der Waals surface area contributed by atoms with Gasteiger partial charge in [0.15, 0.2) is 0 Å². The third-order valence-corrected chi connectivity index (χ3v) is 6.58. The summed E-state index contributed by atoms with van der Waals surface area (Å²) in [6.45, 7) is 2.39. The molecule has 2 amide bonds. The molecule has 4 rings (SSSR count). The lowest BCUT2D eigenvalue weighted by Gasteiger charge is -2.30. The molecule has 6 heteroatoms. The number of para-hydroxylation sites is 1. The minimum atomic E-state index is -0.473. The summed E-state index contributed by atoms with van der Waals surface area (Å²) in [6, 6.07) is 14.7. The minimum Gasteiger partial charge on any atom is -0.496 e. The predicted molar refractivity (Wildman–Crippen MR) is 101 cm³/mol. The molecule has 2 atom stereocenters. The quantitative estimate of drug-likeness (QED) is 0.902. The van der Waals surface area contributed by atoms with Crippen molar-refractivity contribution >= 4 is 23.6 Å². The number of methoxy groups -OCH3 is 1. The highest BCUT2D eigenvalue weighted by Crippen LogP contribution is 2.53. The predicted octanol–water partition coefficient (Wildman–Crippen LogP) is 2.76. The maximum Gasteiger partial charge on any atom is 0.256 e. The molecule has 2 unspecified atom stereocenters. The first kappa shape index (κ1) is 17.0. The number of hydrogen-bond acceptors (Lipinski definition) is 4. The molecule has 5 nitrogen and oxygen atoms in total. The second-order valence-corrected chi connectivity index (χ2v) is 7.98. The van der Waals surface area contributed by atoms with Gasteiger partial charge in [-0.1, -0.05) is 36.4 Å². The number of thioether (sulfide) groups is 1. The van der Waals surface area contributed by atoms with Crippen LogP contribution in [-0.2, 0) is 16.2 Å². The summed E-state index contributed by atoms with van der Waals surface area (Å²) in [5.74, 6) is 1.14. The second-order valence-electron chi connectivity index (χ2n) is 6.56. The Morgan fingerprint density at radius 2 is 2.00 bits per heavy atom. The molecule has 0 aromatic heterocycles. The third kappa shape index (κ3) is 2.48. The fourth-order valence-corrected chi connectivity index (χ4v) is 5.24. The zero-order valence-electron chi connectivity index (χ0n) is 14.7. The van der Waals surface area contributed by atoms with E-state index in [0.717, 1.165) is 16.9 Å². The molecule has 1 N–H and O–H groups in total. The average molecular weight is 368 g/mol. The van der Waals surface area contributed by atoms with Gasteiger partial charge in [-0.15, -0.1) is 11.8 Å². The van der Waals surface area contributed by atoms with Gasteiger partial charge in [0, 0.05) is 29.0 Å². The molecular weight excluding hydrogens is 348 g/mol. The summed E-state index contributed by atoms with van der Waals surface area (Å²) in [7, 11) is 1.61. The van der Waals surface area contributed by atoms with E-state index < -0.39 is 10.9 Å². The van der Waals surface area contributed by atoms with E-state index in [1.165, 1.54) is 0 Å². The Labute approximate surface area is 156 Å². The molecule has 0 radical (unpaired) electrons. The smallest absolute Gasteiger partial charge is 0.256 e. The normalized spacial score (nSPS) is 23.5. The SMILES string of the molecule is COc1ccccc1CNC(=O)C1CSC2(C)c3ccccc3C(=O)N12. The van der Waals surface area contributed by atoms with Crippen molar-refractivity contribution in [2.24, 2.45) is 0 Å². The lowest BCUT2D eigenvalue weighted by molar-refractivity contribution is -0.125. The molecular formula is C20H20N2O3S. The van der Waals surface area contributed by atoms with Gasteiger partial charge in [0.2, 0.25) is 5.91 Å². The van der Waals surface area contributed by atoms with Crippen LogP contribution in [0.4, 0.5) is 0 Å². The Kier molecular flexibility index (Phi) is 4.15. The molecule has 0 spiro atoms. The second kappa shape index (κ2) is 6.36. The van der Waals surface area contributed by atoms with Gasteiger partial charge in [-0.2, -0.15) is 0 Å². The first-order chi connectivity index (χ1) is 12.6. The topological polar surface area (TPSA) is 58.6 Å². The number of hydrogen-bond donors (Lipinski definition) is 1. The van der Waals surface area contributed by atoms with Crippen molar-refractivity contribution in [1.82, 2.24) is 10.2 Å². The molecule has 1 saturated heterocycles. The van der Waals surface area contributed by atoms with Crippen LogP contribution in [0.25, 0.3) is 0 Å². The van der Waals surface area contributed by atoms with Crippen LogP contribution in [0.15, 0.2) is 48.5 Å². The molecule has 2 aromatic rings. The highest BCUT2D eigenvalue weighted by atomic mass is 32.2. The lowest BCUT2D eigenvalue weighted by atomic mass is 10.1. The maximum atomic E-state index is 12.9. The lowest BCUT2D eigenvalue weighted by Crippen LogP contribution is -2.49. The van der Waals surface area contributed by atoms with Crippen molar-refractivity contribution in [3.8, 4) is 5.75 Å². The number of nitrogens with one attached hydrogen (secondary N) is 1. The van der Waals surface area contributed by atoms with Crippen molar-refractivity contribution in [3.63, 3.8) is 0 Å². The Morgan fingerprint density at radius 1 is 1.27 bits per heavy atom. The van der Waals surface area contributed by atoms with Crippen LogP contribution in [0.2, 0.25) is 0 Å². The van der Waals surface area contributed by atoms with Crippen molar-refractivity contribution in [1.29, 1.82) is 0 Å². The van der Waals surface area contributed by atoms with E-state index in [1.54, 1.807) is 23.8 Å². The molecule has 2 aromatic carbocycles. The molecule has 0 aliphatic carbocycles. The average Bonchev–Trinajstić information content (AvgIpc) is 3.13. The number of ether oxygens (including phenoxy) is 1.